The molecule has 0 rings (SSSR count). The standard InChI is InChI=1S/K.Mn.H4O7P2/c;;1-8(2,3)7-9(4,5)6/h;;(H2,1,2,3)(H2,4,5,6)/q+1;+2;/p-3. The molecule has 0 saturated heterocycles. The summed E-state index contributed by atoms with van der Waals surface area (Å²) in [6.07, 6.45) is 0. The summed E-state index contributed by atoms with van der Waals surface area (Å²) in [5.41, 5.74) is 0. The smallest absolute Gasteiger partial charge is 0.790 e. The number of hydrogen-bond donors (Lipinski definition) is 1. The predicted molar refractivity (Wildman–Crippen MR) is 18.5 cm³/mol. The predicted octanol–water partition coefficient (Wildman–Crippen LogP) is -5.71. The van der Waals surface area contributed by atoms with E-state index >= 15 is 0 Å². The van der Waals surface area contributed by atoms with Gasteiger partial charge in [0.2, 0.25) is 0 Å². The fraction of sp³-hybridized carbons (Fsp3) is 0. The third-order valence-electron chi connectivity index (χ3n) is 0.203. The largest absolute Gasteiger partial charge is 2.00 e. The van der Waals surface area contributed by atoms with Crippen molar-refractivity contribution >= 4 is 15.6 Å². The Morgan fingerprint density at radius 1 is 1.18 bits per heavy atom. The van der Waals surface area contributed by atoms with Crippen LogP contribution in [0.5, 0.6) is 0 Å². The van der Waals surface area contributed by atoms with Crippen molar-refractivity contribution in [2.45, 2.75) is 0 Å². The minimum absolute atomic E-state index is 0. The van der Waals surface area contributed by atoms with E-state index in [-0.39, 0.29) is 68.5 Å². The Balaban J connectivity index is -0.000000320. The van der Waals surface area contributed by atoms with Crippen LogP contribution in [0.4, 0.5) is 0 Å². The van der Waals surface area contributed by atoms with Gasteiger partial charge in [-0.2, -0.15) is 0 Å². The van der Waals surface area contributed by atoms with Crippen LogP contribution in [-0.4, -0.2) is 4.89 Å². The van der Waals surface area contributed by atoms with Gasteiger partial charge in [-0.05, 0) is 0 Å². The van der Waals surface area contributed by atoms with E-state index in [1.54, 1.807) is 0 Å². The van der Waals surface area contributed by atoms with Gasteiger partial charge in [-0.25, -0.2) is 0 Å². The molecule has 0 aromatic carbocycles. The van der Waals surface area contributed by atoms with Crippen molar-refractivity contribution in [1.29, 1.82) is 0 Å². The van der Waals surface area contributed by atoms with Gasteiger partial charge < -0.3 is 24.1 Å². The molecule has 1 unspecified atom stereocenters. The van der Waals surface area contributed by atoms with Crippen LogP contribution < -0.4 is 66.1 Å². The van der Waals surface area contributed by atoms with E-state index in [1.807, 2.05) is 0 Å². The molecule has 1 atom stereocenters. The average Bonchev–Trinajstić information content (AvgIpc) is 1.14. The van der Waals surface area contributed by atoms with Crippen molar-refractivity contribution in [1.82, 2.24) is 0 Å². The fourth-order valence-corrected chi connectivity index (χ4v) is 1.14. The molecule has 0 amide bonds. The second-order valence-electron chi connectivity index (χ2n) is 0.997. The van der Waals surface area contributed by atoms with E-state index in [0.29, 0.717) is 0 Å². The molecule has 0 heterocycles. The van der Waals surface area contributed by atoms with E-state index in [1.165, 1.54) is 0 Å². The van der Waals surface area contributed by atoms with Gasteiger partial charge in [-0.15, -0.1) is 0 Å². The zero-order chi connectivity index (χ0) is 7.71. The molecule has 0 fully saturated rings. The van der Waals surface area contributed by atoms with E-state index in [0.717, 1.165) is 0 Å². The Morgan fingerprint density at radius 3 is 1.45 bits per heavy atom. The molecule has 11 heteroatoms. The summed E-state index contributed by atoms with van der Waals surface area (Å²) in [4.78, 5) is 35.7. The molecular formula is HKMnO7P2. The second kappa shape index (κ2) is 6.81. The van der Waals surface area contributed by atoms with Crippen molar-refractivity contribution in [3.05, 3.63) is 0 Å². The average molecular weight is 269 g/mol. The minimum atomic E-state index is -5.61. The molecule has 1 N–H and O–H groups in total. The molecular weight excluding hydrogens is 268 g/mol. The SMILES string of the molecule is O=P([O-])([O-])OP(=O)([O-])O.[K+].[Mn+2]. The Bertz CT molecular complexity index is 157. The summed E-state index contributed by atoms with van der Waals surface area (Å²) < 4.78 is 21.4. The van der Waals surface area contributed by atoms with Crippen LogP contribution >= 0.6 is 15.6 Å². The molecule has 0 aliphatic rings. The zero-order valence-corrected chi connectivity index (χ0v) is 11.3. The quantitative estimate of drug-likeness (QED) is 0.390. The molecule has 1 radical (unpaired) electrons. The third kappa shape index (κ3) is 19.0. The zero-order valence-electron chi connectivity index (χ0n) is 5.17. The van der Waals surface area contributed by atoms with Crippen LogP contribution in [0.15, 0.2) is 0 Å². The van der Waals surface area contributed by atoms with Gasteiger partial charge in [0.25, 0.3) is 7.82 Å². The molecule has 0 aliphatic heterocycles. The summed E-state index contributed by atoms with van der Waals surface area (Å²) in [5.74, 6) is 0. The summed E-state index contributed by atoms with van der Waals surface area (Å²) in [7, 11) is -11.0. The maximum atomic E-state index is 9.44. The summed E-state index contributed by atoms with van der Waals surface area (Å²) in [6.45, 7) is 0. The van der Waals surface area contributed by atoms with Crippen LogP contribution in [-0.2, 0) is 30.5 Å². The second-order valence-corrected chi connectivity index (χ2v) is 3.48. The molecule has 0 aromatic heterocycles. The van der Waals surface area contributed by atoms with Crippen molar-refractivity contribution < 1.29 is 101 Å². The molecule has 0 aromatic rings. The molecule has 0 saturated carbocycles. The van der Waals surface area contributed by atoms with Gasteiger partial charge in [0.15, 0.2) is 0 Å². The maximum Gasteiger partial charge on any atom is 2.00 e. The van der Waals surface area contributed by atoms with Crippen LogP contribution in [0.2, 0.25) is 0 Å². The van der Waals surface area contributed by atoms with Gasteiger partial charge in [0.05, 0.1) is 7.82 Å². The molecule has 61 valence electrons. The third-order valence-corrected chi connectivity index (χ3v) is 1.83. The number of rotatable bonds is 2. The van der Waals surface area contributed by atoms with E-state index in [2.05, 4.69) is 4.31 Å². The van der Waals surface area contributed by atoms with E-state index < -0.39 is 15.6 Å². The number of phosphoric acid groups is 2. The monoisotopic (exact) mass is 269 g/mol. The molecule has 0 bridgehead atoms. The van der Waals surface area contributed by atoms with Crippen LogP contribution in [0.25, 0.3) is 0 Å². The normalized spacial score (nSPS) is 15.6. The van der Waals surface area contributed by atoms with Gasteiger partial charge in [-0.1, -0.05) is 0 Å². The maximum absolute atomic E-state index is 9.44. The summed E-state index contributed by atoms with van der Waals surface area (Å²) >= 11 is 0. The van der Waals surface area contributed by atoms with Gasteiger partial charge in [0, 0.05) is 0 Å². The summed E-state index contributed by atoms with van der Waals surface area (Å²) in [6, 6.07) is 0. The van der Waals surface area contributed by atoms with Crippen molar-refractivity contribution in [2.24, 2.45) is 0 Å². The van der Waals surface area contributed by atoms with Gasteiger partial charge >= 0.3 is 68.5 Å². The van der Waals surface area contributed by atoms with E-state index in [4.69, 9.17) is 4.89 Å². The van der Waals surface area contributed by atoms with Crippen LogP contribution in [0.1, 0.15) is 0 Å². The first-order valence-electron chi connectivity index (χ1n) is 1.48. The molecule has 0 spiro atoms. The first kappa shape index (κ1) is 19.1. The topological polar surface area (TPSA) is 133 Å². The Morgan fingerprint density at radius 2 is 1.45 bits per heavy atom. The van der Waals surface area contributed by atoms with Gasteiger partial charge in [0.1, 0.15) is 0 Å². The molecule has 7 nitrogen and oxygen atoms in total. The van der Waals surface area contributed by atoms with Gasteiger partial charge in [-0.3, -0.25) is 8.88 Å². The van der Waals surface area contributed by atoms with E-state index in [9.17, 15) is 23.8 Å². The Labute approximate surface area is 115 Å². The van der Waals surface area contributed by atoms with Crippen molar-refractivity contribution in [3.63, 3.8) is 0 Å². The minimum Gasteiger partial charge on any atom is -0.790 e. The number of hydrogen-bond acceptors (Lipinski definition) is 6. The summed E-state index contributed by atoms with van der Waals surface area (Å²) in [5, 5.41) is 0. The Hall–Kier alpha value is 2.42. The van der Waals surface area contributed by atoms with Crippen LogP contribution in [0, 0.1) is 0 Å². The first-order chi connectivity index (χ1) is 3.71. The Kier molecular flexibility index (Phi) is 11.8. The first-order valence-corrected chi connectivity index (χ1v) is 4.43. The fourth-order valence-electron chi connectivity index (χ4n) is 0.126. The van der Waals surface area contributed by atoms with Crippen molar-refractivity contribution in [2.75, 3.05) is 0 Å². The molecule has 0 aliphatic carbocycles. The van der Waals surface area contributed by atoms with Crippen LogP contribution in [0.3, 0.4) is 0 Å². The molecule has 11 heavy (non-hydrogen) atoms. The van der Waals surface area contributed by atoms with Crippen molar-refractivity contribution in [3.8, 4) is 0 Å².